The lowest BCUT2D eigenvalue weighted by Gasteiger charge is -2.23. The SMILES string of the molecule is Nc1cc(F)ccc1NS(=O)(=O)C1CCS(=O)(=O)CC1. The molecule has 0 aliphatic carbocycles. The molecule has 1 saturated heterocycles. The topological polar surface area (TPSA) is 106 Å². The normalized spacial score (nSPS) is 19.6. The predicted molar refractivity (Wildman–Crippen MR) is 75.0 cm³/mol. The van der Waals surface area contributed by atoms with Crippen molar-refractivity contribution in [3.05, 3.63) is 24.0 Å². The van der Waals surface area contributed by atoms with Crippen molar-refractivity contribution < 1.29 is 21.2 Å². The summed E-state index contributed by atoms with van der Waals surface area (Å²) in [4.78, 5) is 0. The lowest BCUT2D eigenvalue weighted by molar-refractivity contribution is 0.555. The van der Waals surface area contributed by atoms with Crippen LogP contribution >= 0.6 is 0 Å². The van der Waals surface area contributed by atoms with E-state index in [1.807, 2.05) is 0 Å². The van der Waals surface area contributed by atoms with Crippen LogP contribution in [0.1, 0.15) is 12.8 Å². The van der Waals surface area contributed by atoms with Gasteiger partial charge in [-0.15, -0.1) is 0 Å². The Kier molecular flexibility index (Phi) is 3.92. The molecule has 9 heteroatoms. The van der Waals surface area contributed by atoms with E-state index in [9.17, 15) is 21.2 Å². The number of halogens is 1. The van der Waals surface area contributed by atoms with Gasteiger partial charge in [0.1, 0.15) is 15.7 Å². The van der Waals surface area contributed by atoms with Crippen LogP contribution < -0.4 is 10.5 Å². The third-order valence-corrected chi connectivity index (χ3v) is 6.78. The van der Waals surface area contributed by atoms with Crippen molar-refractivity contribution >= 4 is 31.2 Å². The molecule has 1 aromatic rings. The summed E-state index contributed by atoms with van der Waals surface area (Å²) in [6, 6.07) is 3.35. The van der Waals surface area contributed by atoms with Gasteiger partial charge in [-0.2, -0.15) is 0 Å². The smallest absolute Gasteiger partial charge is 0.235 e. The van der Waals surface area contributed by atoms with Gasteiger partial charge in [0, 0.05) is 0 Å². The third-order valence-electron chi connectivity index (χ3n) is 3.21. The number of nitrogen functional groups attached to an aromatic ring is 1. The predicted octanol–water partition coefficient (Wildman–Crippen LogP) is 0.727. The number of hydrogen-bond acceptors (Lipinski definition) is 5. The van der Waals surface area contributed by atoms with Gasteiger partial charge in [0.25, 0.3) is 0 Å². The number of sulfonamides is 1. The minimum Gasteiger partial charge on any atom is -0.397 e. The number of benzene rings is 1. The van der Waals surface area contributed by atoms with Crippen LogP contribution in [0.2, 0.25) is 0 Å². The summed E-state index contributed by atoms with van der Waals surface area (Å²) in [7, 11) is -6.87. The summed E-state index contributed by atoms with van der Waals surface area (Å²) < 4.78 is 62.1. The molecule has 1 aromatic carbocycles. The van der Waals surface area contributed by atoms with Gasteiger partial charge in [0.05, 0.1) is 28.1 Å². The molecule has 20 heavy (non-hydrogen) atoms. The molecular formula is C11H15FN2O4S2. The summed E-state index contributed by atoms with van der Waals surface area (Å²) >= 11 is 0. The van der Waals surface area contributed by atoms with E-state index in [1.165, 1.54) is 6.07 Å². The van der Waals surface area contributed by atoms with E-state index < -0.39 is 30.9 Å². The van der Waals surface area contributed by atoms with Crippen LogP contribution in [0.4, 0.5) is 15.8 Å². The van der Waals surface area contributed by atoms with E-state index in [2.05, 4.69) is 4.72 Å². The zero-order chi connectivity index (χ0) is 15.0. The van der Waals surface area contributed by atoms with Crippen molar-refractivity contribution in [3.8, 4) is 0 Å². The first-order valence-corrected chi connectivity index (χ1v) is 9.33. The summed E-state index contributed by atoms with van der Waals surface area (Å²) in [5.74, 6) is -0.844. The Morgan fingerprint density at radius 1 is 1.25 bits per heavy atom. The highest BCUT2D eigenvalue weighted by molar-refractivity contribution is 7.94. The molecule has 0 atom stereocenters. The molecule has 1 aliphatic rings. The molecule has 1 aliphatic heterocycles. The number of nitrogens with two attached hydrogens (primary N) is 1. The monoisotopic (exact) mass is 322 g/mol. The van der Waals surface area contributed by atoms with E-state index in [-0.39, 0.29) is 35.7 Å². The number of anilines is 2. The molecule has 2 rings (SSSR count). The number of nitrogens with one attached hydrogen (secondary N) is 1. The van der Waals surface area contributed by atoms with E-state index in [0.717, 1.165) is 12.1 Å². The van der Waals surface area contributed by atoms with Crippen molar-refractivity contribution in [2.24, 2.45) is 0 Å². The summed E-state index contributed by atoms with van der Waals surface area (Å²) in [5.41, 5.74) is 5.62. The molecule has 1 fully saturated rings. The molecule has 3 N–H and O–H groups in total. The minimum absolute atomic E-state index is 0.0167. The van der Waals surface area contributed by atoms with Gasteiger partial charge < -0.3 is 5.73 Å². The standard InChI is InChI=1S/C11H15FN2O4S2/c12-8-1-2-11(10(13)7-8)14-20(17,18)9-3-5-19(15,16)6-4-9/h1-2,7,9,14H,3-6,13H2. The Balaban J connectivity index is 2.16. The molecule has 0 radical (unpaired) electrons. The number of sulfone groups is 1. The molecular weight excluding hydrogens is 307 g/mol. The Morgan fingerprint density at radius 2 is 1.85 bits per heavy atom. The highest BCUT2D eigenvalue weighted by atomic mass is 32.2. The van der Waals surface area contributed by atoms with Crippen LogP contribution in [-0.2, 0) is 19.9 Å². The highest BCUT2D eigenvalue weighted by Crippen LogP contribution is 2.25. The second-order valence-corrected chi connectivity index (χ2v) is 8.99. The highest BCUT2D eigenvalue weighted by Gasteiger charge is 2.33. The third kappa shape index (κ3) is 3.40. The van der Waals surface area contributed by atoms with Gasteiger partial charge >= 0.3 is 0 Å². The Bertz CT molecular complexity index is 702. The first-order chi connectivity index (χ1) is 9.20. The largest absolute Gasteiger partial charge is 0.397 e. The van der Waals surface area contributed by atoms with Crippen LogP contribution in [0.15, 0.2) is 18.2 Å². The van der Waals surface area contributed by atoms with Gasteiger partial charge in [-0.25, -0.2) is 21.2 Å². The second-order valence-electron chi connectivity index (χ2n) is 4.73. The molecule has 0 amide bonds. The van der Waals surface area contributed by atoms with Crippen molar-refractivity contribution in [1.29, 1.82) is 0 Å². The maximum Gasteiger partial charge on any atom is 0.235 e. The quantitative estimate of drug-likeness (QED) is 0.798. The van der Waals surface area contributed by atoms with Gasteiger partial charge in [-0.3, -0.25) is 4.72 Å². The second kappa shape index (κ2) is 5.21. The maximum absolute atomic E-state index is 12.9. The first-order valence-electron chi connectivity index (χ1n) is 5.97. The zero-order valence-electron chi connectivity index (χ0n) is 10.5. The molecule has 6 nitrogen and oxygen atoms in total. The van der Waals surface area contributed by atoms with Crippen molar-refractivity contribution in [3.63, 3.8) is 0 Å². The number of rotatable bonds is 3. The average Bonchev–Trinajstić information content (AvgIpc) is 2.32. The molecule has 1 heterocycles. The van der Waals surface area contributed by atoms with Crippen LogP contribution in [-0.4, -0.2) is 33.6 Å². The summed E-state index contributed by atoms with van der Waals surface area (Å²) in [6.45, 7) is 0. The Morgan fingerprint density at radius 3 is 2.40 bits per heavy atom. The van der Waals surface area contributed by atoms with Crippen molar-refractivity contribution in [2.45, 2.75) is 18.1 Å². The van der Waals surface area contributed by atoms with Gasteiger partial charge in [-0.05, 0) is 31.0 Å². The fraction of sp³-hybridized carbons (Fsp3) is 0.455. The van der Waals surface area contributed by atoms with Crippen LogP contribution in [0, 0.1) is 5.82 Å². The molecule has 0 unspecified atom stereocenters. The molecule has 112 valence electrons. The van der Waals surface area contributed by atoms with Crippen molar-refractivity contribution in [2.75, 3.05) is 22.0 Å². The van der Waals surface area contributed by atoms with Gasteiger partial charge in [0.2, 0.25) is 10.0 Å². The minimum atomic E-state index is -3.74. The summed E-state index contributed by atoms with van der Waals surface area (Å²) in [5, 5.41) is -0.782. The molecule has 0 bridgehead atoms. The fourth-order valence-corrected chi connectivity index (χ4v) is 5.35. The van der Waals surface area contributed by atoms with Crippen LogP contribution in [0.3, 0.4) is 0 Å². The Hall–Kier alpha value is -1.35. The van der Waals surface area contributed by atoms with E-state index >= 15 is 0 Å². The first kappa shape index (κ1) is 15.0. The average molecular weight is 322 g/mol. The van der Waals surface area contributed by atoms with Gasteiger partial charge in [0.15, 0.2) is 0 Å². The maximum atomic E-state index is 12.9. The van der Waals surface area contributed by atoms with E-state index in [0.29, 0.717) is 0 Å². The fourth-order valence-electron chi connectivity index (χ4n) is 2.04. The van der Waals surface area contributed by atoms with Crippen LogP contribution in [0.25, 0.3) is 0 Å². The van der Waals surface area contributed by atoms with E-state index in [4.69, 9.17) is 5.73 Å². The van der Waals surface area contributed by atoms with Gasteiger partial charge in [-0.1, -0.05) is 0 Å². The molecule has 0 aromatic heterocycles. The Labute approximate surface area is 117 Å². The molecule has 0 saturated carbocycles. The lowest BCUT2D eigenvalue weighted by Crippen LogP contribution is -2.36. The lowest BCUT2D eigenvalue weighted by atomic mass is 10.2. The van der Waals surface area contributed by atoms with E-state index in [1.54, 1.807) is 0 Å². The van der Waals surface area contributed by atoms with Crippen molar-refractivity contribution in [1.82, 2.24) is 0 Å². The zero-order valence-corrected chi connectivity index (χ0v) is 12.2. The number of hydrogen-bond donors (Lipinski definition) is 2. The van der Waals surface area contributed by atoms with Crippen LogP contribution in [0.5, 0.6) is 0 Å². The summed E-state index contributed by atoms with van der Waals surface area (Å²) in [6.07, 6.45) is 0.109. The molecule has 0 spiro atoms.